The Kier molecular flexibility index (Phi) is 5.84. The molecule has 3 rings (SSSR count). The van der Waals surface area contributed by atoms with Crippen molar-refractivity contribution < 1.29 is 14.3 Å². The predicted molar refractivity (Wildman–Crippen MR) is 97.0 cm³/mol. The number of ether oxygens (including phenoxy) is 1. The topological polar surface area (TPSA) is 46.6 Å². The Labute approximate surface area is 152 Å². The van der Waals surface area contributed by atoms with E-state index in [1.807, 2.05) is 30.3 Å². The van der Waals surface area contributed by atoms with Crippen LogP contribution >= 0.6 is 11.6 Å². The average molecular weight is 358 g/mol. The number of carbonyl (C=O) groups is 2. The quantitative estimate of drug-likeness (QED) is 0.769. The summed E-state index contributed by atoms with van der Waals surface area (Å²) in [6.45, 7) is 2.24. The fourth-order valence-corrected chi connectivity index (χ4v) is 3.10. The fraction of sp³-hybridized carbons (Fsp3) is 0.300. The van der Waals surface area contributed by atoms with Crippen LogP contribution in [0.4, 0.5) is 0 Å². The van der Waals surface area contributed by atoms with Gasteiger partial charge in [0.1, 0.15) is 0 Å². The van der Waals surface area contributed by atoms with Gasteiger partial charge in [-0.15, -0.1) is 0 Å². The number of rotatable bonds is 5. The summed E-state index contributed by atoms with van der Waals surface area (Å²) in [5, 5.41) is 0.606. The summed E-state index contributed by atoms with van der Waals surface area (Å²) >= 11 is 5.97. The first-order valence-corrected chi connectivity index (χ1v) is 8.73. The molecule has 1 saturated heterocycles. The van der Waals surface area contributed by atoms with Crippen LogP contribution in [0.5, 0.6) is 0 Å². The normalized spacial score (nSPS) is 15.6. The second kappa shape index (κ2) is 8.28. The number of benzene rings is 2. The molecule has 1 unspecified atom stereocenters. The van der Waals surface area contributed by atoms with Gasteiger partial charge in [-0.3, -0.25) is 9.59 Å². The van der Waals surface area contributed by atoms with E-state index in [-0.39, 0.29) is 18.1 Å². The minimum atomic E-state index is -0.519. The van der Waals surface area contributed by atoms with E-state index in [1.54, 1.807) is 29.2 Å². The van der Waals surface area contributed by atoms with Crippen molar-refractivity contribution in [2.75, 3.05) is 26.3 Å². The number of hydrogen-bond donors (Lipinski definition) is 0. The van der Waals surface area contributed by atoms with Crippen molar-refractivity contribution >= 4 is 23.3 Å². The first kappa shape index (κ1) is 17.6. The van der Waals surface area contributed by atoms with Gasteiger partial charge in [0.2, 0.25) is 5.91 Å². The number of morpholine rings is 1. The van der Waals surface area contributed by atoms with Crippen LogP contribution in [0.3, 0.4) is 0 Å². The second-order valence-corrected chi connectivity index (χ2v) is 6.47. The molecule has 1 aliphatic heterocycles. The third-order valence-corrected chi connectivity index (χ3v) is 4.64. The summed E-state index contributed by atoms with van der Waals surface area (Å²) in [6, 6.07) is 16.2. The second-order valence-electron chi connectivity index (χ2n) is 6.03. The standard InChI is InChI=1S/C20H20ClNO3/c21-17-8-6-15(7-9-17)18(20(24)16-4-2-1-3-5-16)14-19(23)22-10-12-25-13-11-22/h1-9,18H,10-14H2. The third-order valence-electron chi connectivity index (χ3n) is 4.39. The third kappa shape index (κ3) is 4.47. The lowest BCUT2D eigenvalue weighted by Gasteiger charge is -2.28. The summed E-state index contributed by atoms with van der Waals surface area (Å²) in [7, 11) is 0. The van der Waals surface area contributed by atoms with Crippen LogP contribution in [0.15, 0.2) is 54.6 Å². The van der Waals surface area contributed by atoms with E-state index in [0.717, 1.165) is 5.56 Å². The van der Waals surface area contributed by atoms with E-state index in [4.69, 9.17) is 16.3 Å². The maximum atomic E-state index is 13.0. The van der Waals surface area contributed by atoms with Crippen LogP contribution < -0.4 is 0 Å². The molecule has 2 aromatic rings. The Morgan fingerprint density at radius 2 is 1.64 bits per heavy atom. The molecule has 0 radical (unpaired) electrons. The minimum absolute atomic E-state index is 0.0208. The van der Waals surface area contributed by atoms with Gasteiger partial charge in [0.05, 0.1) is 19.1 Å². The zero-order valence-corrected chi connectivity index (χ0v) is 14.6. The molecule has 0 spiro atoms. The van der Waals surface area contributed by atoms with Crippen molar-refractivity contribution in [3.8, 4) is 0 Å². The first-order valence-electron chi connectivity index (χ1n) is 8.35. The van der Waals surface area contributed by atoms with Crippen molar-refractivity contribution in [3.05, 3.63) is 70.7 Å². The zero-order valence-electron chi connectivity index (χ0n) is 13.9. The number of nitrogens with zero attached hydrogens (tertiary/aromatic N) is 1. The Hall–Kier alpha value is -2.17. The number of Topliss-reactive ketones (excluding diaryl/α,β-unsaturated/α-hetero) is 1. The van der Waals surface area contributed by atoms with Crippen LogP contribution in [-0.4, -0.2) is 42.9 Å². The fourth-order valence-electron chi connectivity index (χ4n) is 2.98. The van der Waals surface area contributed by atoms with E-state index < -0.39 is 5.92 Å². The van der Waals surface area contributed by atoms with Gasteiger partial charge in [0, 0.05) is 30.1 Å². The lowest BCUT2D eigenvalue weighted by Crippen LogP contribution is -2.41. The van der Waals surface area contributed by atoms with Crippen molar-refractivity contribution in [3.63, 3.8) is 0 Å². The summed E-state index contributed by atoms with van der Waals surface area (Å²) < 4.78 is 5.29. The van der Waals surface area contributed by atoms with E-state index in [0.29, 0.717) is 36.9 Å². The molecule has 0 saturated carbocycles. The van der Waals surface area contributed by atoms with Crippen LogP contribution in [0.2, 0.25) is 5.02 Å². The number of hydrogen-bond acceptors (Lipinski definition) is 3. The SMILES string of the molecule is O=C(c1ccccc1)C(CC(=O)N1CCOCC1)c1ccc(Cl)cc1. The molecule has 1 aliphatic rings. The summed E-state index contributed by atoms with van der Waals surface area (Å²) in [5.74, 6) is -0.591. The number of amides is 1. The van der Waals surface area contributed by atoms with Gasteiger partial charge in [0.15, 0.2) is 5.78 Å². The van der Waals surface area contributed by atoms with Gasteiger partial charge in [0.25, 0.3) is 0 Å². The molecule has 130 valence electrons. The molecule has 2 aromatic carbocycles. The van der Waals surface area contributed by atoms with Crippen LogP contribution in [0.1, 0.15) is 28.3 Å². The molecular formula is C20H20ClNO3. The van der Waals surface area contributed by atoms with Gasteiger partial charge in [-0.2, -0.15) is 0 Å². The highest BCUT2D eigenvalue weighted by atomic mass is 35.5. The Morgan fingerprint density at radius 3 is 2.28 bits per heavy atom. The number of carbonyl (C=O) groups excluding carboxylic acids is 2. The molecule has 1 heterocycles. The van der Waals surface area contributed by atoms with E-state index in [1.165, 1.54) is 0 Å². The molecule has 0 aromatic heterocycles. The van der Waals surface area contributed by atoms with Gasteiger partial charge < -0.3 is 9.64 Å². The molecular weight excluding hydrogens is 338 g/mol. The van der Waals surface area contributed by atoms with E-state index in [9.17, 15) is 9.59 Å². The van der Waals surface area contributed by atoms with Gasteiger partial charge in [-0.25, -0.2) is 0 Å². The lowest BCUT2D eigenvalue weighted by atomic mass is 9.87. The van der Waals surface area contributed by atoms with Crippen molar-refractivity contribution in [2.45, 2.75) is 12.3 Å². The summed E-state index contributed by atoms with van der Waals surface area (Å²) in [4.78, 5) is 27.5. The van der Waals surface area contributed by atoms with Crippen molar-refractivity contribution in [1.29, 1.82) is 0 Å². The van der Waals surface area contributed by atoms with Crippen molar-refractivity contribution in [2.24, 2.45) is 0 Å². The Balaban J connectivity index is 1.84. The maximum absolute atomic E-state index is 13.0. The van der Waals surface area contributed by atoms with Gasteiger partial charge in [-0.05, 0) is 17.7 Å². The van der Waals surface area contributed by atoms with Crippen molar-refractivity contribution in [1.82, 2.24) is 4.90 Å². The lowest BCUT2D eigenvalue weighted by molar-refractivity contribution is -0.135. The highest BCUT2D eigenvalue weighted by Gasteiger charge is 2.27. The molecule has 0 N–H and O–H groups in total. The van der Waals surface area contributed by atoms with Crippen LogP contribution in [0, 0.1) is 0 Å². The number of halogens is 1. The Morgan fingerprint density at radius 1 is 1.00 bits per heavy atom. The highest BCUT2D eigenvalue weighted by molar-refractivity contribution is 6.30. The van der Waals surface area contributed by atoms with Crippen LogP contribution in [0.25, 0.3) is 0 Å². The summed E-state index contributed by atoms with van der Waals surface area (Å²) in [6.07, 6.45) is 0.148. The van der Waals surface area contributed by atoms with Gasteiger partial charge in [-0.1, -0.05) is 54.1 Å². The molecule has 4 nitrogen and oxygen atoms in total. The van der Waals surface area contributed by atoms with E-state index >= 15 is 0 Å². The Bertz CT molecular complexity index is 724. The average Bonchev–Trinajstić information content (AvgIpc) is 2.67. The van der Waals surface area contributed by atoms with Gasteiger partial charge >= 0.3 is 0 Å². The highest BCUT2D eigenvalue weighted by Crippen LogP contribution is 2.27. The first-order chi connectivity index (χ1) is 12.1. The molecule has 25 heavy (non-hydrogen) atoms. The molecule has 0 aliphatic carbocycles. The molecule has 0 bridgehead atoms. The minimum Gasteiger partial charge on any atom is -0.378 e. The monoisotopic (exact) mass is 357 g/mol. The maximum Gasteiger partial charge on any atom is 0.223 e. The summed E-state index contributed by atoms with van der Waals surface area (Å²) in [5.41, 5.74) is 1.41. The zero-order chi connectivity index (χ0) is 17.6. The number of ketones is 1. The predicted octanol–water partition coefficient (Wildman–Crippen LogP) is 3.56. The largest absolute Gasteiger partial charge is 0.378 e. The van der Waals surface area contributed by atoms with Crippen LogP contribution in [-0.2, 0) is 9.53 Å². The van der Waals surface area contributed by atoms with E-state index in [2.05, 4.69) is 0 Å². The molecule has 1 atom stereocenters. The molecule has 1 amide bonds. The molecule has 1 fully saturated rings. The molecule has 5 heteroatoms. The smallest absolute Gasteiger partial charge is 0.223 e.